The molecule has 4 aromatic rings. The molecule has 0 radical (unpaired) electrons. The van der Waals surface area contributed by atoms with Gasteiger partial charge >= 0.3 is 0 Å². The van der Waals surface area contributed by atoms with E-state index in [1.807, 2.05) is 39.4 Å². The zero-order valence-electron chi connectivity index (χ0n) is 21.1. The predicted molar refractivity (Wildman–Crippen MR) is 147 cm³/mol. The van der Waals surface area contributed by atoms with Crippen LogP contribution < -0.4 is 15.8 Å². The van der Waals surface area contributed by atoms with Gasteiger partial charge in [0.2, 0.25) is 5.91 Å². The number of piperazine rings is 1. The molecule has 0 bridgehead atoms. The minimum atomic E-state index is 0.0655. The Hall–Kier alpha value is -3.59. The first-order chi connectivity index (χ1) is 17.9. The SMILES string of the molecule is CC(=O)N1CCN(c2nc(Cl)ccc2NCCc2cc(C)cc3c(=O)n4c5c(cnn5CCC4)c23)CC1. The van der Waals surface area contributed by atoms with Gasteiger partial charge in [-0.05, 0) is 43.5 Å². The number of carbonyl (C=O) groups excluding carboxylic acids is 1. The first-order valence-electron chi connectivity index (χ1n) is 12.8. The molecule has 0 spiro atoms. The molecule has 0 atom stereocenters. The maximum Gasteiger partial charge on any atom is 0.260 e. The molecule has 2 aliphatic heterocycles. The van der Waals surface area contributed by atoms with Crippen molar-refractivity contribution in [2.45, 2.75) is 39.8 Å². The number of nitrogens with zero attached hydrogens (tertiary/aromatic N) is 6. The predicted octanol–water partition coefficient (Wildman–Crippen LogP) is 3.43. The highest BCUT2D eigenvalue weighted by atomic mass is 35.5. The van der Waals surface area contributed by atoms with Crippen LogP contribution in [0.25, 0.3) is 21.8 Å². The van der Waals surface area contributed by atoms with Gasteiger partial charge in [0.1, 0.15) is 10.8 Å². The van der Waals surface area contributed by atoms with E-state index in [-0.39, 0.29) is 11.5 Å². The molecule has 0 unspecified atom stereocenters. The molecule has 0 saturated carbocycles. The van der Waals surface area contributed by atoms with Crippen LogP contribution in [0.5, 0.6) is 0 Å². The van der Waals surface area contributed by atoms with Crippen molar-refractivity contribution in [3.05, 3.63) is 57.1 Å². The third kappa shape index (κ3) is 4.21. The van der Waals surface area contributed by atoms with Gasteiger partial charge in [-0.3, -0.25) is 14.2 Å². The fraction of sp³-hybridized carbons (Fsp3) is 0.407. The van der Waals surface area contributed by atoms with Crippen LogP contribution in [0, 0.1) is 6.92 Å². The topological polar surface area (TPSA) is 88.3 Å². The lowest BCUT2D eigenvalue weighted by atomic mass is 9.98. The summed E-state index contributed by atoms with van der Waals surface area (Å²) < 4.78 is 3.84. The Labute approximate surface area is 219 Å². The van der Waals surface area contributed by atoms with Crippen LogP contribution in [0.15, 0.2) is 35.3 Å². The maximum absolute atomic E-state index is 13.4. The fourth-order valence-electron chi connectivity index (χ4n) is 5.75. The van der Waals surface area contributed by atoms with Gasteiger partial charge in [0, 0.05) is 68.9 Å². The monoisotopic (exact) mass is 519 g/mol. The van der Waals surface area contributed by atoms with Gasteiger partial charge in [-0.25, -0.2) is 9.67 Å². The van der Waals surface area contributed by atoms with Crippen molar-refractivity contribution in [1.29, 1.82) is 0 Å². The number of fused-ring (bicyclic) bond motifs is 2. The van der Waals surface area contributed by atoms with Crippen LogP contribution in [-0.2, 0) is 24.3 Å². The second-order valence-corrected chi connectivity index (χ2v) is 10.3. The van der Waals surface area contributed by atoms with Crippen LogP contribution in [0.2, 0.25) is 5.15 Å². The zero-order valence-corrected chi connectivity index (χ0v) is 21.9. The normalized spacial score (nSPS) is 15.5. The average Bonchev–Trinajstić information content (AvgIpc) is 3.32. The molecule has 1 amide bonds. The van der Waals surface area contributed by atoms with Gasteiger partial charge in [-0.15, -0.1) is 0 Å². The van der Waals surface area contributed by atoms with E-state index in [4.69, 9.17) is 11.6 Å². The van der Waals surface area contributed by atoms with E-state index in [1.165, 1.54) is 0 Å². The zero-order chi connectivity index (χ0) is 25.7. The first kappa shape index (κ1) is 23.8. The third-order valence-corrected chi connectivity index (χ3v) is 7.71. The molecule has 10 heteroatoms. The second-order valence-electron chi connectivity index (χ2n) is 9.94. The van der Waals surface area contributed by atoms with Crippen molar-refractivity contribution in [3.63, 3.8) is 0 Å². The summed E-state index contributed by atoms with van der Waals surface area (Å²) in [6, 6.07) is 7.94. The number of hydrogen-bond acceptors (Lipinski definition) is 6. The Kier molecular flexibility index (Phi) is 6.03. The summed E-state index contributed by atoms with van der Waals surface area (Å²) in [5.74, 6) is 0.901. The number of benzene rings is 1. The third-order valence-electron chi connectivity index (χ3n) is 7.50. The van der Waals surface area contributed by atoms with E-state index in [0.29, 0.717) is 37.9 Å². The number of carbonyl (C=O) groups is 1. The minimum absolute atomic E-state index is 0.0655. The van der Waals surface area contributed by atoms with Crippen molar-refractivity contribution in [2.24, 2.45) is 0 Å². The van der Waals surface area contributed by atoms with Gasteiger partial charge in [-0.1, -0.05) is 23.2 Å². The lowest BCUT2D eigenvalue weighted by Gasteiger charge is -2.35. The average molecular weight is 520 g/mol. The molecule has 5 heterocycles. The van der Waals surface area contributed by atoms with Crippen LogP contribution in [-0.4, -0.2) is 62.9 Å². The summed E-state index contributed by atoms with van der Waals surface area (Å²) in [5, 5.41) is 11.4. The van der Waals surface area contributed by atoms with E-state index in [0.717, 1.165) is 70.4 Å². The highest BCUT2D eigenvalue weighted by molar-refractivity contribution is 6.29. The van der Waals surface area contributed by atoms with Gasteiger partial charge in [-0.2, -0.15) is 5.10 Å². The van der Waals surface area contributed by atoms with Crippen molar-refractivity contribution >= 4 is 50.8 Å². The molecule has 1 fully saturated rings. The van der Waals surface area contributed by atoms with Crippen LogP contribution in [0.4, 0.5) is 11.5 Å². The molecule has 37 heavy (non-hydrogen) atoms. The van der Waals surface area contributed by atoms with Gasteiger partial charge in [0.15, 0.2) is 5.82 Å². The van der Waals surface area contributed by atoms with Crippen molar-refractivity contribution < 1.29 is 4.79 Å². The van der Waals surface area contributed by atoms with Crippen LogP contribution in [0.3, 0.4) is 0 Å². The number of pyridine rings is 2. The first-order valence-corrected chi connectivity index (χ1v) is 13.2. The lowest BCUT2D eigenvalue weighted by Crippen LogP contribution is -2.48. The Morgan fingerprint density at radius 3 is 2.68 bits per heavy atom. The summed E-state index contributed by atoms with van der Waals surface area (Å²) in [6.07, 6.45) is 3.56. The molecule has 1 saturated heterocycles. The number of rotatable bonds is 5. The van der Waals surface area contributed by atoms with Crippen molar-refractivity contribution in [3.8, 4) is 0 Å². The lowest BCUT2D eigenvalue weighted by molar-refractivity contribution is -0.129. The number of nitrogens with one attached hydrogen (secondary N) is 1. The quantitative estimate of drug-likeness (QED) is 0.406. The van der Waals surface area contributed by atoms with E-state index in [9.17, 15) is 9.59 Å². The second kappa shape index (κ2) is 9.37. The van der Waals surface area contributed by atoms with Gasteiger partial charge < -0.3 is 15.1 Å². The molecular formula is C27H30ClN7O2. The van der Waals surface area contributed by atoms with Gasteiger partial charge in [0.25, 0.3) is 5.56 Å². The molecule has 6 rings (SSSR count). The number of hydrogen-bond donors (Lipinski definition) is 1. The van der Waals surface area contributed by atoms with E-state index < -0.39 is 0 Å². The highest BCUT2D eigenvalue weighted by Gasteiger charge is 2.23. The van der Waals surface area contributed by atoms with E-state index in [1.54, 1.807) is 13.0 Å². The number of aryl methyl sites for hydroxylation is 3. The minimum Gasteiger partial charge on any atom is -0.382 e. The Bertz CT molecular complexity index is 1580. The smallest absolute Gasteiger partial charge is 0.260 e. The number of amides is 1. The standard InChI is InChI=1S/C27H30ClN7O2/c1-17-14-19(24-20(15-17)27(37)34-8-3-9-35-26(34)21(24)16-30-35)6-7-29-22-4-5-23(28)31-25(22)33-12-10-32(11-13-33)18(2)36/h4-5,14-16,29H,3,6-13H2,1-2H3. The highest BCUT2D eigenvalue weighted by Crippen LogP contribution is 2.30. The number of aromatic nitrogens is 4. The molecular weight excluding hydrogens is 490 g/mol. The fourth-order valence-corrected chi connectivity index (χ4v) is 5.89. The maximum atomic E-state index is 13.4. The van der Waals surface area contributed by atoms with Crippen molar-refractivity contribution in [1.82, 2.24) is 24.2 Å². The molecule has 1 aromatic carbocycles. The Morgan fingerprint density at radius 2 is 1.89 bits per heavy atom. The summed E-state index contributed by atoms with van der Waals surface area (Å²) in [6.45, 7) is 8.63. The largest absolute Gasteiger partial charge is 0.382 e. The summed E-state index contributed by atoms with van der Waals surface area (Å²) in [5.41, 5.74) is 4.11. The van der Waals surface area contributed by atoms with E-state index >= 15 is 0 Å². The Balaban J connectivity index is 1.29. The summed E-state index contributed by atoms with van der Waals surface area (Å²) in [4.78, 5) is 33.8. The number of anilines is 2. The molecule has 3 aromatic heterocycles. The Morgan fingerprint density at radius 1 is 1.08 bits per heavy atom. The summed E-state index contributed by atoms with van der Waals surface area (Å²) >= 11 is 6.26. The molecule has 2 aliphatic rings. The van der Waals surface area contributed by atoms with E-state index in [2.05, 4.69) is 26.4 Å². The molecule has 9 nitrogen and oxygen atoms in total. The van der Waals surface area contributed by atoms with Crippen LogP contribution >= 0.6 is 11.6 Å². The number of halogens is 1. The van der Waals surface area contributed by atoms with Crippen LogP contribution in [0.1, 0.15) is 24.5 Å². The molecule has 1 N–H and O–H groups in total. The summed E-state index contributed by atoms with van der Waals surface area (Å²) in [7, 11) is 0. The molecule has 192 valence electrons. The van der Waals surface area contributed by atoms with Gasteiger partial charge in [0.05, 0.1) is 11.9 Å². The van der Waals surface area contributed by atoms with Crippen molar-refractivity contribution in [2.75, 3.05) is 42.9 Å². The molecule has 0 aliphatic carbocycles.